The second kappa shape index (κ2) is 8.34. The molecule has 0 atom stereocenters. The molecule has 0 fully saturated rings. The molecule has 0 radical (unpaired) electrons. The first kappa shape index (κ1) is 21.9. The van der Waals surface area contributed by atoms with Crippen LogP contribution in [0.15, 0.2) is 45.7 Å². The van der Waals surface area contributed by atoms with E-state index >= 15 is 0 Å². The zero-order valence-corrected chi connectivity index (χ0v) is 19.5. The van der Waals surface area contributed by atoms with Gasteiger partial charge in [-0.05, 0) is 104 Å². The van der Waals surface area contributed by atoms with Crippen LogP contribution in [-0.2, 0) is 16.2 Å². The zero-order valence-electron chi connectivity index (χ0n) is 12.2. The first-order valence-corrected chi connectivity index (χ1v) is 11.1. The second-order valence-corrected chi connectivity index (χ2v) is 9.83. The molecule has 0 aromatic heterocycles. The maximum absolute atomic E-state index is 12.5. The minimum atomic E-state index is -4.60. The van der Waals surface area contributed by atoms with E-state index in [1.165, 1.54) is 0 Å². The van der Waals surface area contributed by atoms with Crippen molar-refractivity contribution in [2.75, 3.05) is 0 Å². The molecule has 2 aromatic carbocycles. The van der Waals surface area contributed by atoms with Crippen LogP contribution in [-0.4, -0.2) is 14.5 Å². The molecule has 0 heterocycles. The summed E-state index contributed by atoms with van der Waals surface area (Å²) in [6.45, 7) is 0. The van der Waals surface area contributed by atoms with Gasteiger partial charge < -0.3 is 9.84 Å². The molecule has 0 aliphatic carbocycles. The third-order valence-corrected chi connectivity index (χ3v) is 6.31. The van der Waals surface area contributed by atoms with Crippen LogP contribution in [0.2, 0.25) is 0 Å². The molecule has 26 heavy (non-hydrogen) atoms. The van der Waals surface area contributed by atoms with Crippen molar-refractivity contribution in [2.24, 2.45) is 4.40 Å². The number of nitrogens with zero attached hydrogens (tertiary/aromatic N) is 1. The third kappa shape index (κ3) is 5.57. The van der Waals surface area contributed by atoms with Crippen molar-refractivity contribution >= 4 is 83.9 Å². The van der Waals surface area contributed by atoms with Gasteiger partial charge in [0.1, 0.15) is 0 Å². The van der Waals surface area contributed by atoms with Gasteiger partial charge in [0.05, 0.1) is 10.5 Å². The molecule has 0 amide bonds. The molecule has 0 saturated heterocycles. The molecule has 2 aromatic rings. The van der Waals surface area contributed by atoms with Gasteiger partial charge in [-0.25, -0.2) is 0 Å². The Kier molecular flexibility index (Phi) is 7.03. The lowest BCUT2D eigenvalue weighted by atomic mass is 10.2. The monoisotopic (exact) mass is 722 g/mol. The number of halogens is 6. The molecule has 0 bridgehead atoms. The van der Waals surface area contributed by atoms with Gasteiger partial charge >= 0.3 is 6.18 Å². The van der Waals surface area contributed by atoms with E-state index in [1.807, 2.05) is 45.2 Å². The fraction of sp³-hybridized carbons (Fsp3) is 0.0714. The lowest BCUT2D eigenvalue weighted by Gasteiger charge is -2.18. The van der Waals surface area contributed by atoms with Gasteiger partial charge in [-0.15, -0.1) is 4.40 Å². The first-order valence-electron chi connectivity index (χ1n) is 6.42. The topological polar surface area (TPSA) is 78.8 Å². The molecule has 0 aliphatic heterocycles. The highest BCUT2D eigenvalue weighted by molar-refractivity contribution is 14.1. The quantitative estimate of drug-likeness (QED) is 0.273. The van der Waals surface area contributed by atoms with Crippen LogP contribution < -0.4 is 9.84 Å². The zero-order chi connectivity index (χ0) is 19.7. The van der Waals surface area contributed by atoms with Gasteiger partial charge in [-0.3, -0.25) is 0 Å². The minimum Gasteiger partial charge on any atom is -0.564 e. The van der Waals surface area contributed by atoms with Crippen molar-refractivity contribution in [3.05, 3.63) is 52.7 Å². The number of hydrogen-bond donors (Lipinski definition) is 0. The standard InChI is InChI=1S/C14H7F3I3NO4S/c15-14(16,17)7-1-3-9(4-2-7)26(23,24)21-13(22)25-12-10(19)5-8(18)6-11(12)20/h1-6H,(H,21,22)/p-1. The van der Waals surface area contributed by atoms with Crippen LogP contribution in [0.25, 0.3) is 0 Å². The summed E-state index contributed by atoms with van der Waals surface area (Å²) in [7, 11) is -4.50. The SMILES string of the molecule is O=S(=O)(/N=C(/[O-])Oc1c(I)cc(I)cc1I)c1ccc(C(F)(F)F)cc1. The highest BCUT2D eigenvalue weighted by atomic mass is 127. The summed E-state index contributed by atoms with van der Waals surface area (Å²) in [5.74, 6) is 0.156. The molecular weight excluding hydrogens is 716 g/mol. The van der Waals surface area contributed by atoms with Crippen molar-refractivity contribution in [2.45, 2.75) is 11.1 Å². The number of ether oxygens (including phenoxy) is 1. The molecule has 140 valence electrons. The Morgan fingerprint density at radius 1 is 1.04 bits per heavy atom. The summed E-state index contributed by atoms with van der Waals surface area (Å²) in [4.78, 5) is -0.547. The second-order valence-electron chi connectivity index (χ2n) is 4.66. The molecule has 0 spiro atoms. The van der Waals surface area contributed by atoms with Crippen molar-refractivity contribution in [3.8, 4) is 5.75 Å². The minimum absolute atomic E-state index is 0.156. The van der Waals surface area contributed by atoms with E-state index in [1.54, 1.807) is 12.1 Å². The van der Waals surface area contributed by atoms with Crippen LogP contribution >= 0.6 is 67.8 Å². The van der Waals surface area contributed by atoms with E-state index < -0.39 is 32.7 Å². The average molecular weight is 722 g/mol. The highest BCUT2D eigenvalue weighted by Gasteiger charge is 2.30. The molecule has 12 heteroatoms. The summed E-state index contributed by atoms with van der Waals surface area (Å²) in [5, 5.41) is 11.9. The highest BCUT2D eigenvalue weighted by Crippen LogP contribution is 2.31. The van der Waals surface area contributed by atoms with Crippen LogP contribution in [0.3, 0.4) is 0 Å². The summed E-state index contributed by atoms with van der Waals surface area (Å²) in [6, 6.07) is 6.09. The summed E-state index contributed by atoms with van der Waals surface area (Å²) < 4.78 is 71.7. The maximum Gasteiger partial charge on any atom is 0.416 e. The number of alkyl halides is 3. The van der Waals surface area contributed by atoms with Gasteiger partial charge in [0.15, 0.2) is 6.08 Å². The fourth-order valence-electron chi connectivity index (χ4n) is 1.70. The summed E-state index contributed by atoms with van der Waals surface area (Å²) >= 11 is 5.91. The van der Waals surface area contributed by atoms with E-state index in [9.17, 15) is 26.7 Å². The van der Waals surface area contributed by atoms with Crippen LogP contribution in [0.4, 0.5) is 13.2 Å². The Morgan fingerprint density at radius 3 is 2.00 bits per heavy atom. The molecule has 0 unspecified atom stereocenters. The Hall–Kier alpha value is -0.360. The third-order valence-electron chi connectivity index (χ3n) is 2.83. The van der Waals surface area contributed by atoms with Crippen molar-refractivity contribution in [1.29, 1.82) is 0 Å². The predicted molar refractivity (Wildman–Crippen MR) is 111 cm³/mol. The van der Waals surface area contributed by atoms with E-state index in [-0.39, 0.29) is 5.75 Å². The molecule has 0 saturated carbocycles. The van der Waals surface area contributed by atoms with Crippen LogP contribution in [0, 0.1) is 10.7 Å². The largest absolute Gasteiger partial charge is 0.564 e. The van der Waals surface area contributed by atoms with E-state index in [4.69, 9.17) is 4.74 Å². The molecule has 2 rings (SSSR count). The van der Waals surface area contributed by atoms with Gasteiger partial charge in [0.25, 0.3) is 10.0 Å². The molecule has 0 N–H and O–H groups in total. The van der Waals surface area contributed by atoms with E-state index in [0.29, 0.717) is 19.3 Å². The Balaban J connectivity index is 2.30. The summed E-state index contributed by atoms with van der Waals surface area (Å²) in [5.41, 5.74) is -1.01. The smallest absolute Gasteiger partial charge is 0.416 e. The Labute approximate surface area is 187 Å². The van der Waals surface area contributed by atoms with E-state index in [2.05, 4.69) is 27.0 Å². The number of rotatable bonds is 3. The fourth-order valence-corrected chi connectivity index (χ4v) is 6.32. The van der Waals surface area contributed by atoms with Crippen LogP contribution in [0.5, 0.6) is 5.75 Å². The number of hydrogen-bond acceptors (Lipinski definition) is 4. The maximum atomic E-state index is 12.5. The Bertz CT molecular complexity index is 937. The number of benzene rings is 2. The Morgan fingerprint density at radius 2 is 1.54 bits per heavy atom. The normalized spacial score (nSPS) is 12.9. The number of sulfonamides is 1. The van der Waals surface area contributed by atoms with Gasteiger partial charge in [-0.1, -0.05) is 0 Å². The lowest BCUT2D eigenvalue weighted by Crippen LogP contribution is -2.27. The van der Waals surface area contributed by atoms with Crippen molar-refractivity contribution in [3.63, 3.8) is 0 Å². The lowest BCUT2D eigenvalue weighted by molar-refractivity contribution is -0.239. The van der Waals surface area contributed by atoms with Crippen molar-refractivity contribution in [1.82, 2.24) is 0 Å². The molecule has 0 aliphatic rings. The van der Waals surface area contributed by atoms with Crippen LogP contribution in [0.1, 0.15) is 5.56 Å². The van der Waals surface area contributed by atoms with Gasteiger partial charge in [-0.2, -0.15) is 21.6 Å². The van der Waals surface area contributed by atoms with Gasteiger partial charge in [0.2, 0.25) is 0 Å². The van der Waals surface area contributed by atoms with E-state index in [0.717, 1.165) is 15.7 Å². The summed E-state index contributed by atoms with van der Waals surface area (Å²) in [6.07, 6.45) is -5.99. The molecule has 5 nitrogen and oxygen atoms in total. The van der Waals surface area contributed by atoms with Crippen molar-refractivity contribution < 1.29 is 31.4 Å². The average Bonchev–Trinajstić information content (AvgIpc) is 2.49. The van der Waals surface area contributed by atoms with Gasteiger partial charge in [0, 0.05) is 16.5 Å². The predicted octanol–water partition coefficient (Wildman–Crippen LogP) is 4.00. The molecular formula is C14H6F3I3NO4S-. The first-order chi connectivity index (χ1) is 11.9.